The molecule has 2 unspecified atom stereocenters. The van der Waals surface area contributed by atoms with Gasteiger partial charge in [-0.3, -0.25) is 4.79 Å². The number of carbonyl (C=O) groups is 1. The van der Waals surface area contributed by atoms with Gasteiger partial charge in [0.25, 0.3) is 0 Å². The Morgan fingerprint density at radius 1 is 1.50 bits per heavy atom. The lowest BCUT2D eigenvalue weighted by Crippen LogP contribution is -2.32. The Kier molecular flexibility index (Phi) is 3.99. The molecule has 0 N–H and O–H groups in total. The van der Waals surface area contributed by atoms with Crippen molar-refractivity contribution in [3.63, 3.8) is 0 Å². The normalized spacial score (nSPS) is 20.4. The third-order valence-electron chi connectivity index (χ3n) is 3.68. The highest BCUT2D eigenvalue weighted by Gasteiger charge is 2.30. The topological polar surface area (TPSA) is 44.1 Å². The summed E-state index contributed by atoms with van der Waals surface area (Å²) < 4.78 is 0. The van der Waals surface area contributed by atoms with Crippen molar-refractivity contribution >= 4 is 5.91 Å². The van der Waals surface area contributed by atoms with Crippen molar-refractivity contribution < 1.29 is 4.79 Å². The van der Waals surface area contributed by atoms with Crippen LogP contribution in [-0.2, 0) is 4.79 Å². The number of hydrogen-bond acceptors (Lipinski definition) is 2. The fraction of sp³-hybridized carbons (Fsp3) is 0.467. The quantitative estimate of drug-likeness (QED) is 0.817. The molecule has 2 atom stereocenters. The molecule has 1 heterocycles. The molecule has 0 aromatic heterocycles. The van der Waals surface area contributed by atoms with E-state index in [-0.39, 0.29) is 5.91 Å². The maximum absolute atomic E-state index is 12.3. The molecule has 1 aromatic carbocycles. The van der Waals surface area contributed by atoms with Crippen LogP contribution in [0, 0.1) is 17.2 Å². The zero-order valence-corrected chi connectivity index (χ0v) is 10.7. The summed E-state index contributed by atoms with van der Waals surface area (Å²) >= 11 is 0. The van der Waals surface area contributed by atoms with Crippen LogP contribution in [0.1, 0.15) is 31.2 Å². The van der Waals surface area contributed by atoms with E-state index in [0.29, 0.717) is 5.92 Å². The number of nitrogens with zero attached hydrogens (tertiary/aromatic N) is 2. The van der Waals surface area contributed by atoms with E-state index in [1.54, 1.807) is 0 Å². The maximum atomic E-state index is 12.3. The van der Waals surface area contributed by atoms with Crippen molar-refractivity contribution in [1.29, 1.82) is 5.26 Å². The number of carbonyl (C=O) groups excluding carboxylic acids is 1. The highest BCUT2D eigenvalue weighted by molar-refractivity contribution is 5.86. The molecule has 1 aliphatic rings. The summed E-state index contributed by atoms with van der Waals surface area (Å²) in [5.74, 6) is -0.0921. The summed E-state index contributed by atoms with van der Waals surface area (Å²) in [6.07, 6.45) is 2.17. The summed E-state index contributed by atoms with van der Waals surface area (Å²) in [7, 11) is 0. The molecule has 3 nitrogen and oxygen atoms in total. The summed E-state index contributed by atoms with van der Waals surface area (Å²) in [5, 5.41) is 9.24. The minimum atomic E-state index is -0.651. The molecular formula is C15H18N2O. The number of likely N-dealkylation sites (tertiary alicyclic amines) is 1. The Morgan fingerprint density at radius 3 is 2.78 bits per heavy atom. The lowest BCUT2D eigenvalue weighted by Gasteiger charge is -2.19. The van der Waals surface area contributed by atoms with Crippen LogP contribution in [0.5, 0.6) is 0 Å². The zero-order valence-electron chi connectivity index (χ0n) is 10.7. The summed E-state index contributed by atoms with van der Waals surface area (Å²) in [5.41, 5.74) is 0.796. The Hall–Kier alpha value is -1.82. The van der Waals surface area contributed by atoms with Crippen LogP contribution in [0.2, 0.25) is 0 Å². The number of hydrogen-bond donors (Lipinski definition) is 0. The van der Waals surface area contributed by atoms with Crippen LogP contribution in [0.25, 0.3) is 0 Å². The number of rotatable bonds is 3. The SMILES string of the molecule is CCC1CCN(C(=O)C(C#N)c2ccccc2)C1. The molecule has 1 saturated heterocycles. The lowest BCUT2D eigenvalue weighted by atomic mass is 9.99. The zero-order chi connectivity index (χ0) is 13.0. The predicted octanol–water partition coefficient (Wildman–Crippen LogP) is 2.55. The van der Waals surface area contributed by atoms with E-state index in [9.17, 15) is 10.1 Å². The maximum Gasteiger partial charge on any atom is 0.244 e. The molecule has 1 amide bonds. The molecule has 1 fully saturated rings. The van der Waals surface area contributed by atoms with Gasteiger partial charge >= 0.3 is 0 Å². The van der Waals surface area contributed by atoms with E-state index < -0.39 is 5.92 Å². The third kappa shape index (κ3) is 2.53. The Morgan fingerprint density at radius 2 is 2.22 bits per heavy atom. The molecular weight excluding hydrogens is 224 g/mol. The second kappa shape index (κ2) is 5.68. The van der Waals surface area contributed by atoms with E-state index in [4.69, 9.17) is 0 Å². The molecule has 1 aliphatic heterocycles. The molecule has 0 aliphatic carbocycles. The molecule has 94 valence electrons. The van der Waals surface area contributed by atoms with Gasteiger partial charge in [-0.15, -0.1) is 0 Å². The Balaban J connectivity index is 2.10. The van der Waals surface area contributed by atoms with Crippen molar-refractivity contribution in [3.8, 4) is 6.07 Å². The van der Waals surface area contributed by atoms with Gasteiger partial charge < -0.3 is 4.90 Å². The minimum absolute atomic E-state index is 0.0420. The summed E-state index contributed by atoms with van der Waals surface area (Å²) in [6, 6.07) is 11.5. The van der Waals surface area contributed by atoms with Crippen LogP contribution >= 0.6 is 0 Å². The average molecular weight is 242 g/mol. The van der Waals surface area contributed by atoms with Crippen molar-refractivity contribution in [1.82, 2.24) is 4.90 Å². The molecule has 0 saturated carbocycles. The first-order chi connectivity index (χ1) is 8.76. The monoisotopic (exact) mass is 242 g/mol. The first kappa shape index (κ1) is 12.6. The first-order valence-electron chi connectivity index (χ1n) is 6.49. The lowest BCUT2D eigenvalue weighted by molar-refractivity contribution is -0.130. The van der Waals surface area contributed by atoms with Crippen LogP contribution in [0.15, 0.2) is 30.3 Å². The fourth-order valence-electron chi connectivity index (χ4n) is 2.47. The summed E-state index contributed by atoms with van der Waals surface area (Å²) in [6.45, 7) is 3.75. The van der Waals surface area contributed by atoms with E-state index in [2.05, 4.69) is 13.0 Å². The van der Waals surface area contributed by atoms with Gasteiger partial charge in [-0.2, -0.15) is 5.26 Å². The van der Waals surface area contributed by atoms with Gasteiger partial charge in [0.15, 0.2) is 0 Å². The van der Waals surface area contributed by atoms with Crippen LogP contribution < -0.4 is 0 Å². The highest BCUT2D eigenvalue weighted by atomic mass is 16.2. The predicted molar refractivity (Wildman–Crippen MR) is 69.8 cm³/mol. The number of nitriles is 1. The molecule has 0 bridgehead atoms. The second-order valence-electron chi connectivity index (χ2n) is 4.82. The van der Waals surface area contributed by atoms with Gasteiger partial charge in [0.05, 0.1) is 6.07 Å². The van der Waals surface area contributed by atoms with Gasteiger partial charge in [-0.25, -0.2) is 0 Å². The van der Waals surface area contributed by atoms with Crippen LogP contribution in [0.3, 0.4) is 0 Å². The van der Waals surface area contributed by atoms with Gasteiger partial charge in [0.1, 0.15) is 5.92 Å². The summed E-state index contributed by atoms with van der Waals surface area (Å²) in [4.78, 5) is 14.2. The second-order valence-corrected chi connectivity index (χ2v) is 4.82. The van der Waals surface area contributed by atoms with Gasteiger partial charge in [-0.1, -0.05) is 43.7 Å². The van der Waals surface area contributed by atoms with E-state index >= 15 is 0 Å². The standard InChI is InChI=1S/C15H18N2O/c1-2-12-8-9-17(11-12)15(18)14(10-16)13-6-4-3-5-7-13/h3-7,12,14H,2,8-9,11H2,1H3. The van der Waals surface area contributed by atoms with E-state index in [1.807, 2.05) is 35.2 Å². The Labute approximate surface area is 108 Å². The largest absolute Gasteiger partial charge is 0.341 e. The molecule has 1 aromatic rings. The van der Waals surface area contributed by atoms with Crippen LogP contribution in [-0.4, -0.2) is 23.9 Å². The smallest absolute Gasteiger partial charge is 0.244 e. The van der Waals surface area contributed by atoms with E-state index in [1.165, 1.54) is 0 Å². The molecule has 3 heteroatoms. The molecule has 18 heavy (non-hydrogen) atoms. The fourth-order valence-corrected chi connectivity index (χ4v) is 2.47. The van der Waals surface area contributed by atoms with Gasteiger partial charge in [-0.05, 0) is 17.9 Å². The van der Waals surface area contributed by atoms with Gasteiger partial charge in [0, 0.05) is 13.1 Å². The third-order valence-corrected chi connectivity index (χ3v) is 3.68. The number of amides is 1. The minimum Gasteiger partial charge on any atom is -0.341 e. The van der Waals surface area contributed by atoms with Crippen molar-refractivity contribution in [2.45, 2.75) is 25.7 Å². The molecule has 0 spiro atoms. The molecule has 0 radical (unpaired) electrons. The van der Waals surface area contributed by atoms with Crippen molar-refractivity contribution in [3.05, 3.63) is 35.9 Å². The Bertz CT molecular complexity index is 449. The number of benzene rings is 1. The first-order valence-corrected chi connectivity index (χ1v) is 6.49. The van der Waals surface area contributed by atoms with Crippen molar-refractivity contribution in [2.24, 2.45) is 5.92 Å². The highest BCUT2D eigenvalue weighted by Crippen LogP contribution is 2.24. The van der Waals surface area contributed by atoms with E-state index in [0.717, 1.165) is 31.5 Å². The van der Waals surface area contributed by atoms with Gasteiger partial charge in [0.2, 0.25) is 5.91 Å². The average Bonchev–Trinajstić information content (AvgIpc) is 2.89. The van der Waals surface area contributed by atoms with Crippen molar-refractivity contribution in [2.75, 3.05) is 13.1 Å². The van der Waals surface area contributed by atoms with Crippen LogP contribution in [0.4, 0.5) is 0 Å². The molecule has 2 rings (SSSR count).